The number of carbonyl (C=O) groups is 2. The highest BCUT2D eigenvalue weighted by molar-refractivity contribution is 6.55. The molecular formula is C8H16BNO4. The molecular weight excluding hydrogens is 185 g/mol. The molecule has 0 aliphatic heterocycles. The van der Waals surface area contributed by atoms with E-state index < -0.39 is 6.09 Å². The second kappa shape index (κ2) is 8.41. The lowest BCUT2D eigenvalue weighted by atomic mass is 10.2. The van der Waals surface area contributed by atoms with Crippen LogP contribution in [0.15, 0.2) is 0 Å². The first kappa shape index (κ1) is 12.8. The van der Waals surface area contributed by atoms with E-state index in [1.807, 2.05) is 6.92 Å². The van der Waals surface area contributed by atoms with Crippen LogP contribution < -0.4 is 5.32 Å². The molecule has 0 unspecified atom stereocenters. The normalized spacial score (nSPS) is 9.21. The molecule has 0 spiro atoms. The molecule has 1 amide bonds. The van der Waals surface area contributed by atoms with Gasteiger partial charge in [-0.15, -0.1) is 0 Å². The molecule has 0 aromatic carbocycles. The van der Waals surface area contributed by atoms with Crippen LogP contribution in [0.1, 0.15) is 19.8 Å². The lowest BCUT2D eigenvalue weighted by Gasteiger charge is -2.05. The van der Waals surface area contributed by atoms with Gasteiger partial charge in [-0.25, -0.2) is 4.79 Å². The average Bonchev–Trinajstić information content (AvgIpc) is 2.13. The summed E-state index contributed by atoms with van der Waals surface area (Å²) in [6.07, 6.45) is 0.983. The van der Waals surface area contributed by atoms with E-state index in [4.69, 9.17) is 4.74 Å². The van der Waals surface area contributed by atoms with Gasteiger partial charge in [-0.1, -0.05) is 6.92 Å². The van der Waals surface area contributed by atoms with Gasteiger partial charge in [0.25, 0.3) is 0 Å². The van der Waals surface area contributed by atoms with Crippen LogP contribution in [0, 0.1) is 0 Å². The minimum absolute atomic E-state index is 0.307. The second-order valence-electron chi connectivity index (χ2n) is 2.76. The summed E-state index contributed by atoms with van der Waals surface area (Å²) in [7, 11) is 1.35. The van der Waals surface area contributed by atoms with Gasteiger partial charge in [0.1, 0.15) is 0 Å². The summed E-state index contributed by atoms with van der Waals surface area (Å²) in [4.78, 5) is 21.2. The summed E-state index contributed by atoms with van der Waals surface area (Å²) in [6.45, 7) is 3.13. The second-order valence-corrected chi connectivity index (χ2v) is 2.76. The quantitative estimate of drug-likeness (QED) is 0.495. The van der Waals surface area contributed by atoms with E-state index in [1.54, 1.807) is 0 Å². The first-order valence-electron chi connectivity index (χ1n) is 4.70. The van der Waals surface area contributed by atoms with Crippen LogP contribution in [-0.2, 0) is 9.47 Å². The Morgan fingerprint density at radius 2 is 2.00 bits per heavy atom. The Labute approximate surface area is 84.5 Å². The molecule has 0 aliphatic rings. The van der Waals surface area contributed by atoms with Gasteiger partial charge in [-0.2, -0.15) is 0 Å². The molecule has 6 heteroatoms. The highest BCUT2D eigenvalue weighted by Crippen LogP contribution is 1.84. The number of rotatable bonds is 6. The van der Waals surface area contributed by atoms with Crippen LogP contribution >= 0.6 is 0 Å². The molecule has 80 valence electrons. The van der Waals surface area contributed by atoms with E-state index in [9.17, 15) is 9.59 Å². The van der Waals surface area contributed by atoms with Crippen molar-refractivity contribution in [3.8, 4) is 0 Å². The van der Waals surface area contributed by atoms with Crippen molar-refractivity contribution in [3.05, 3.63) is 0 Å². The fourth-order valence-electron chi connectivity index (χ4n) is 0.724. The smallest absolute Gasteiger partial charge is 0.407 e. The number of hydrogen-bond donors (Lipinski definition) is 1. The first-order valence-corrected chi connectivity index (χ1v) is 4.70. The van der Waals surface area contributed by atoms with E-state index in [1.165, 1.54) is 7.85 Å². The molecule has 0 fully saturated rings. The monoisotopic (exact) mass is 201 g/mol. The number of hydrogen-bond acceptors (Lipinski definition) is 4. The van der Waals surface area contributed by atoms with Gasteiger partial charge in [0.2, 0.25) is 13.7 Å². The molecule has 0 heterocycles. The van der Waals surface area contributed by atoms with Gasteiger partial charge in [-0.3, -0.25) is 4.79 Å². The molecule has 5 nitrogen and oxygen atoms in total. The Bertz CT molecular complexity index is 186. The molecule has 0 saturated heterocycles. The topological polar surface area (TPSA) is 64.6 Å². The molecule has 0 bridgehead atoms. The van der Waals surface area contributed by atoms with Crippen molar-refractivity contribution in [2.45, 2.75) is 19.8 Å². The largest absolute Gasteiger partial charge is 0.474 e. The fraction of sp³-hybridized carbons (Fsp3) is 0.750. The van der Waals surface area contributed by atoms with Crippen LogP contribution in [0.4, 0.5) is 9.59 Å². The summed E-state index contributed by atoms with van der Waals surface area (Å²) in [5.41, 5.74) is 0. The van der Waals surface area contributed by atoms with E-state index in [0.717, 1.165) is 6.42 Å². The maximum Gasteiger partial charge on any atom is 0.407 e. The van der Waals surface area contributed by atoms with Crippen molar-refractivity contribution < 1.29 is 19.1 Å². The Balaban J connectivity index is 3.19. The van der Waals surface area contributed by atoms with Gasteiger partial charge in [0.05, 0.1) is 13.2 Å². The molecule has 0 rings (SSSR count). The van der Waals surface area contributed by atoms with Crippen molar-refractivity contribution in [2.75, 3.05) is 19.8 Å². The van der Waals surface area contributed by atoms with Crippen molar-refractivity contribution in [1.29, 1.82) is 0 Å². The first-order chi connectivity index (χ1) is 6.66. The molecule has 0 atom stereocenters. The number of amides is 1. The van der Waals surface area contributed by atoms with E-state index in [0.29, 0.717) is 26.2 Å². The fourth-order valence-corrected chi connectivity index (χ4v) is 0.724. The molecule has 0 saturated carbocycles. The third kappa shape index (κ3) is 8.90. The summed E-state index contributed by atoms with van der Waals surface area (Å²) < 4.78 is 9.43. The molecule has 14 heavy (non-hydrogen) atoms. The van der Waals surface area contributed by atoms with Crippen LogP contribution in [0.3, 0.4) is 0 Å². The van der Waals surface area contributed by atoms with E-state index in [2.05, 4.69) is 10.1 Å². The van der Waals surface area contributed by atoms with E-state index in [-0.39, 0.29) is 5.87 Å². The van der Waals surface area contributed by atoms with Crippen LogP contribution in [0.2, 0.25) is 0 Å². The van der Waals surface area contributed by atoms with Crippen LogP contribution in [0.5, 0.6) is 0 Å². The molecule has 0 aromatic rings. The predicted molar refractivity (Wildman–Crippen MR) is 54.2 cm³/mol. The molecule has 0 aromatic heterocycles. The maximum atomic E-state index is 10.9. The number of alkyl carbamates (subject to hydrolysis) is 1. The Morgan fingerprint density at radius 3 is 2.57 bits per heavy atom. The van der Waals surface area contributed by atoms with Crippen LogP contribution in [0.25, 0.3) is 0 Å². The third-order valence-corrected chi connectivity index (χ3v) is 1.33. The number of nitrogens with one attached hydrogen (secondary N) is 1. The minimum atomic E-state index is -0.422. The number of carbonyl (C=O) groups excluding carboxylic acids is 2. The zero-order chi connectivity index (χ0) is 10.8. The van der Waals surface area contributed by atoms with Crippen LogP contribution in [-0.4, -0.2) is 39.6 Å². The highest BCUT2D eigenvalue weighted by Gasteiger charge is 1.99. The van der Waals surface area contributed by atoms with Crippen molar-refractivity contribution in [3.63, 3.8) is 0 Å². The Hall–Kier alpha value is -1.20. The average molecular weight is 201 g/mol. The predicted octanol–water partition coefficient (Wildman–Crippen LogP) is 0.282. The summed E-state index contributed by atoms with van der Waals surface area (Å²) in [6, 6.07) is 0. The van der Waals surface area contributed by atoms with Crippen molar-refractivity contribution >= 4 is 19.8 Å². The van der Waals surface area contributed by atoms with Gasteiger partial charge >= 0.3 is 6.09 Å². The molecule has 1 N–H and O–H groups in total. The maximum absolute atomic E-state index is 10.9. The Kier molecular flexibility index (Phi) is 7.69. The van der Waals surface area contributed by atoms with Gasteiger partial charge in [0, 0.05) is 6.54 Å². The number of ether oxygens (including phenoxy) is 2. The highest BCUT2D eigenvalue weighted by atomic mass is 16.5. The SMILES string of the molecule is BC(=O)OCCCNC(=O)OCCC. The zero-order valence-electron chi connectivity index (χ0n) is 8.67. The lowest BCUT2D eigenvalue weighted by molar-refractivity contribution is 0.144. The van der Waals surface area contributed by atoms with Gasteiger partial charge in [-0.05, 0) is 12.8 Å². The van der Waals surface area contributed by atoms with Gasteiger partial charge < -0.3 is 14.8 Å². The van der Waals surface area contributed by atoms with Crippen molar-refractivity contribution in [2.24, 2.45) is 0 Å². The molecule has 0 radical (unpaired) electrons. The standard InChI is InChI=1S/C8H16BNO4/c1-2-5-14-8(12)10-4-3-6-13-7(9)11/h2-6,9H2,1H3,(H,10,12). The third-order valence-electron chi connectivity index (χ3n) is 1.33. The lowest BCUT2D eigenvalue weighted by Crippen LogP contribution is -2.26. The molecule has 0 aliphatic carbocycles. The van der Waals surface area contributed by atoms with Gasteiger partial charge in [0.15, 0.2) is 0 Å². The zero-order valence-corrected chi connectivity index (χ0v) is 8.67. The Morgan fingerprint density at radius 1 is 1.29 bits per heavy atom. The summed E-state index contributed by atoms with van der Waals surface area (Å²) in [5.74, 6) is -0.307. The summed E-state index contributed by atoms with van der Waals surface area (Å²) in [5, 5.41) is 2.54. The minimum Gasteiger partial charge on any atom is -0.474 e. The van der Waals surface area contributed by atoms with Crippen molar-refractivity contribution in [1.82, 2.24) is 5.32 Å². The summed E-state index contributed by atoms with van der Waals surface area (Å²) >= 11 is 0. The van der Waals surface area contributed by atoms with E-state index >= 15 is 0 Å².